The predicted octanol–water partition coefficient (Wildman–Crippen LogP) is 4.10. The maximum absolute atomic E-state index is 12.0. The molecule has 0 amide bonds. The normalized spacial score (nSPS) is 12.4. The fourth-order valence-electron chi connectivity index (χ4n) is 1.64. The van der Waals surface area contributed by atoms with Crippen LogP contribution in [0.5, 0.6) is 5.75 Å². The Kier molecular flexibility index (Phi) is 5.83. The average molecular weight is 339 g/mol. The van der Waals surface area contributed by atoms with Crippen LogP contribution in [0, 0.1) is 0 Å². The SMILES string of the molecule is Cl.N[C@@H](c1ccc(OC(F)(F)F)cc1)c1ccc(Cl)nc1. The Bertz CT molecular complexity index is 573. The van der Waals surface area contributed by atoms with Gasteiger partial charge in [0.05, 0.1) is 6.04 Å². The Morgan fingerprint density at radius 3 is 2.10 bits per heavy atom. The van der Waals surface area contributed by atoms with Crippen molar-refractivity contribution in [3.8, 4) is 5.75 Å². The number of halogens is 5. The lowest BCUT2D eigenvalue weighted by molar-refractivity contribution is -0.274. The first kappa shape index (κ1) is 17.6. The lowest BCUT2D eigenvalue weighted by Crippen LogP contribution is -2.17. The first-order valence-electron chi connectivity index (χ1n) is 5.58. The standard InChI is InChI=1S/C13H10ClF3N2O.ClH/c14-11-6-3-9(7-19-11)12(18)8-1-4-10(5-2-8)20-13(15,16)17;/h1-7,12H,18H2;1H/t12-;/m0./s1. The van der Waals surface area contributed by atoms with E-state index in [0.717, 1.165) is 0 Å². The number of hydrogen-bond donors (Lipinski definition) is 1. The molecular weight excluding hydrogens is 328 g/mol. The summed E-state index contributed by atoms with van der Waals surface area (Å²) >= 11 is 5.67. The van der Waals surface area contributed by atoms with Crippen molar-refractivity contribution in [3.05, 3.63) is 58.9 Å². The van der Waals surface area contributed by atoms with Gasteiger partial charge < -0.3 is 10.5 Å². The van der Waals surface area contributed by atoms with E-state index in [1.807, 2.05) is 0 Å². The smallest absolute Gasteiger partial charge is 0.406 e. The molecule has 0 aliphatic carbocycles. The van der Waals surface area contributed by atoms with Gasteiger partial charge in [-0.05, 0) is 29.3 Å². The molecule has 2 rings (SSSR count). The van der Waals surface area contributed by atoms with E-state index in [2.05, 4.69) is 9.72 Å². The molecular formula is C13H11Cl2F3N2O. The third-order valence-electron chi connectivity index (χ3n) is 2.58. The van der Waals surface area contributed by atoms with Gasteiger partial charge in [-0.3, -0.25) is 0 Å². The quantitative estimate of drug-likeness (QED) is 0.857. The van der Waals surface area contributed by atoms with E-state index >= 15 is 0 Å². The van der Waals surface area contributed by atoms with Crippen LogP contribution >= 0.6 is 24.0 Å². The predicted molar refractivity (Wildman–Crippen MR) is 75.7 cm³/mol. The molecule has 0 aliphatic heterocycles. The Morgan fingerprint density at radius 2 is 1.62 bits per heavy atom. The zero-order valence-corrected chi connectivity index (χ0v) is 12.0. The minimum atomic E-state index is -4.70. The molecule has 0 unspecified atom stereocenters. The third kappa shape index (κ3) is 5.08. The Morgan fingerprint density at radius 1 is 1.05 bits per heavy atom. The van der Waals surface area contributed by atoms with Crippen LogP contribution in [0.2, 0.25) is 5.15 Å². The summed E-state index contributed by atoms with van der Waals surface area (Å²) in [6.07, 6.45) is -3.18. The van der Waals surface area contributed by atoms with Gasteiger partial charge in [0, 0.05) is 6.20 Å². The van der Waals surface area contributed by atoms with E-state index in [9.17, 15) is 13.2 Å². The van der Waals surface area contributed by atoms with Crippen LogP contribution in [0.1, 0.15) is 17.2 Å². The van der Waals surface area contributed by atoms with Crippen molar-refractivity contribution in [2.45, 2.75) is 12.4 Å². The number of rotatable bonds is 3. The lowest BCUT2D eigenvalue weighted by atomic mass is 10.0. The van der Waals surface area contributed by atoms with E-state index in [1.165, 1.54) is 30.5 Å². The minimum absolute atomic E-state index is 0. The maximum atomic E-state index is 12.0. The third-order valence-corrected chi connectivity index (χ3v) is 2.81. The number of pyridine rings is 1. The average Bonchev–Trinajstić information content (AvgIpc) is 2.38. The molecule has 21 heavy (non-hydrogen) atoms. The van der Waals surface area contributed by atoms with Crippen molar-refractivity contribution >= 4 is 24.0 Å². The van der Waals surface area contributed by atoms with Gasteiger partial charge in [-0.2, -0.15) is 0 Å². The monoisotopic (exact) mass is 338 g/mol. The van der Waals surface area contributed by atoms with Gasteiger partial charge in [0.15, 0.2) is 0 Å². The molecule has 114 valence electrons. The van der Waals surface area contributed by atoms with Gasteiger partial charge >= 0.3 is 6.36 Å². The fourth-order valence-corrected chi connectivity index (χ4v) is 1.75. The Hall–Kier alpha value is -1.50. The highest BCUT2D eigenvalue weighted by molar-refractivity contribution is 6.29. The summed E-state index contributed by atoms with van der Waals surface area (Å²) in [6.45, 7) is 0. The van der Waals surface area contributed by atoms with Gasteiger partial charge in [-0.1, -0.05) is 29.8 Å². The molecule has 2 aromatic rings. The molecule has 1 heterocycles. The molecule has 1 atom stereocenters. The highest BCUT2D eigenvalue weighted by Gasteiger charge is 2.31. The van der Waals surface area contributed by atoms with Crippen LogP contribution in [0.4, 0.5) is 13.2 Å². The molecule has 0 radical (unpaired) electrons. The van der Waals surface area contributed by atoms with Crippen molar-refractivity contribution < 1.29 is 17.9 Å². The van der Waals surface area contributed by atoms with Crippen LogP contribution in [0.15, 0.2) is 42.6 Å². The number of hydrogen-bond acceptors (Lipinski definition) is 3. The molecule has 1 aromatic carbocycles. The number of nitrogens with two attached hydrogens (primary N) is 1. The second-order valence-corrected chi connectivity index (χ2v) is 4.40. The van der Waals surface area contributed by atoms with Crippen molar-refractivity contribution in [2.24, 2.45) is 5.73 Å². The summed E-state index contributed by atoms with van der Waals surface area (Å²) in [5.74, 6) is -0.289. The van der Waals surface area contributed by atoms with Crippen LogP contribution < -0.4 is 10.5 Å². The molecule has 2 N–H and O–H groups in total. The van der Waals surface area contributed by atoms with Crippen LogP contribution in [-0.4, -0.2) is 11.3 Å². The number of benzene rings is 1. The first-order valence-corrected chi connectivity index (χ1v) is 5.96. The minimum Gasteiger partial charge on any atom is -0.406 e. The van der Waals surface area contributed by atoms with Gasteiger partial charge in [-0.25, -0.2) is 4.98 Å². The number of nitrogens with zero attached hydrogens (tertiary/aromatic N) is 1. The number of alkyl halides is 3. The summed E-state index contributed by atoms with van der Waals surface area (Å²) in [5.41, 5.74) is 7.35. The molecule has 3 nitrogen and oxygen atoms in total. The molecule has 0 spiro atoms. The van der Waals surface area contributed by atoms with Crippen molar-refractivity contribution in [3.63, 3.8) is 0 Å². The molecule has 0 saturated carbocycles. The fraction of sp³-hybridized carbons (Fsp3) is 0.154. The summed E-state index contributed by atoms with van der Waals surface area (Å²) in [6, 6.07) is 8.18. The molecule has 0 aliphatic rings. The lowest BCUT2D eigenvalue weighted by Gasteiger charge is -2.13. The number of aromatic nitrogens is 1. The zero-order chi connectivity index (χ0) is 14.8. The maximum Gasteiger partial charge on any atom is 0.573 e. The van der Waals surface area contributed by atoms with Gasteiger partial charge in [0.25, 0.3) is 0 Å². The first-order chi connectivity index (χ1) is 9.35. The van der Waals surface area contributed by atoms with E-state index < -0.39 is 12.4 Å². The second kappa shape index (κ2) is 6.98. The van der Waals surface area contributed by atoms with Gasteiger partial charge in [0.1, 0.15) is 10.9 Å². The van der Waals surface area contributed by atoms with E-state index in [4.69, 9.17) is 17.3 Å². The summed E-state index contributed by atoms with van der Waals surface area (Å²) in [7, 11) is 0. The second-order valence-electron chi connectivity index (χ2n) is 4.01. The van der Waals surface area contributed by atoms with Crippen molar-refractivity contribution in [1.82, 2.24) is 4.98 Å². The highest BCUT2D eigenvalue weighted by atomic mass is 35.5. The topological polar surface area (TPSA) is 48.1 Å². The van der Waals surface area contributed by atoms with E-state index in [-0.39, 0.29) is 18.2 Å². The summed E-state index contributed by atoms with van der Waals surface area (Å²) < 4.78 is 39.9. The number of ether oxygens (including phenoxy) is 1. The molecule has 0 fully saturated rings. The molecule has 8 heteroatoms. The van der Waals surface area contributed by atoms with E-state index in [0.29, 0.717) is 16.3 Å². The van der Waals surface area contributed by atoms with Gasteiger partial charge in [0.2, 0.25) is 0 Å². The molecule has 1 aromatic heterocycles. The highest BCUT2D eigenvalue weighted by Crippen LogP contribution is 2.26. The van der Waals surface area contributed by atoms with Gasteiger partial charge in [-0.15, -0.1) is 25.6 Å². The van der Waals surface area contributed by atoms with E-state index in [1.54, 1.807) is 12.1 Å². The van der Waals surface area contributed by atoms with Crippen molar-refractivity contribution in [2.75, 3.05) is 0 Å². The van der Waals surface area contributed by atoms with Crippen LogP contribution in [0.25, 0.3) is 0 Å². The molecule has 0 bridgehead atoms. The Labute approximate surface area is 130 Å². The zero-order valence-electron chi connectivity index (χ0n) is 10.5. The van der Waals surface area contributed by atoms with Crippen molar-refractivity contribution in [1.29, 1.82) is 0 Å². The summed E-state index contributed by atoms with van der Waals surface area (Å²) in [5, 5.41) is 0.342. The summed E-state index contributed by atoms with van der Waals surface area (Å²) in [4.78, 5) is 3.90. The molecule has 0 saturated heterocycles. The largest absolute Gasteiger partial charge is 0.573 e. The van der Waals surface area contributed by atoms with Crippen LogP contribution in [0.3, 0.4) is 0 Å². The van der Waals surface area contributed by atoms with Crippen LogP contribution in [-0.2, 0) is 0 Å². The Balaban J connectivity index is 0.00000220.